The second-order valence-electron chi connectivity index (χ2n) is 11.5. The van der Waals surface area contributed by atoms with Crippen molar-refractivity contribution in [2.45, 2.75) is 12.2 Å². The van der Waals surface area contributed by atoms with Gasteiger partial charge >= 0.3 is 0 Å². The van der Waals surface area contributed by atoms with Crippen LogP contribution in [0.1, 0.15) is 34.5 Å². The van der Waals surface area contributed by atoms with E-state index in [-0.39, 0.29) is 0 Å². The minimum absolute atomic E-state index is 0.782. The van der Waals surface area contributed by atoms with Crippen molar-refractivity contribution in [1.29, 1.82) is 0 Å². The van der Waals surface area contributed by atoms with Crippen molar-refractivity contribution in [3.05, 3.63) is 156 Å². The van der Waals surface area contributed by atoms with Crippen LogP contribution in [0.3, 0.4) is 0 Å². The summed E-state index contributed by atoms with van der Waals surface area (Å²) in [5.74, 6) is 0. The number of benzene rings is 9. The van der Waals surface area contributed by atoms with Gasteiger partial charge in [-0.3, -0.25) is 0 Å². The van der Waals surface area contributed by atoms with Crippen LogP contribution in [0.25, 0.3) is 64.6 Å². The smallest absolute Gasteiger partial charge is 0.105 e. The van der Waals surface area contributed by atoms with Crippen molar-refractivity contribution in [1.82, 2.24) is 0 Å². The van der Waals surface area contributed by atoms with E-state index in [1.165, 1.54) is 53.9 Å². The van der Waals surface area contributed by atoms with Gasteiger partial charge in [-0.1, -0.05) is 133 Å². The Balaban J connectivity index is 1.11. The molecule has 0 amide bonds. The summed E-state index contributed by atoms with van der Waals surface area (Å²) >= 11 is 0. The van der Waals surface area contributed by atoms with Gasteiger partial charge in [-0.25, -0.2) is 0 Å². The van der Waals surface area contributed by atoms with E-state index in [0.29, 0.717) is 0 Å². The number of hydrogen-bond donors (Lipinski definition) is 2. The van der Waals surface area contributed by atoms with E-state index in [4.69, 9.17) is 0 Å². The molecule has 2 heteroatoms. The van der Waals surface area contributed by atoms with Gasteiger partial charge in [0.1, 0.15) is 12.2 Å². The van der Waals surface area contributed by atoms with E-state index in [0.717, 1.165) is 33.0 Å². The molecule has 0 aliphatic heterocycles. The Bertz CT molecular complexity index is 2230. The average molecular weight is 539 g/mol. The van der Waals surface area contributed by atoms with E-state index in [9.17, 15) is 10.2 Å². The highest BCUT2D eigenvalue weighted by Crippen LogP contribution is 2.41. The van der Waals surface area contributed by atoms with E-state index >= 15 is 0 Å². The van der Waals surface area contributed by atoms with Crippen molar-refractivity contribution in [3.63, 3.8) is 0 Å². The zero-order chi connectivity index (χ0) is 27.9. The van der Waals surface area contributed by atoms with Crippen LogP contribution in [0.2, 0.25) is 0 Å². The molecule has 0 fully saturated rings. The van der Waals surface area contributed by atoms with E-state index in [1.54, 1.807) is 0 Å². The van der Waals surface area contributed by atoms with Gasteiger partial charge in [0.15, 0.2) is 0 Å². The Labute approximate surface area is 242 Å². The van der Waals surface area contributed by atoms with Gasteiger partial charge in [0, 0.05) is 0 Å². The zero-order valence-electron chi connectivity index (χ0n) is 22.8. The molecule has 0 spiro atoms. The molecule has 9 aromatic rings. The maximum atomic E-state index is 11.6. The van der Waals surface area contributed by atoms with Crippen molar-refractivity contribution in [2.75, 3.05) is 0 Å². The summed E-state index contributed by atoms with van der Waals surface area (Å²) in [6.45, 7) is 0. The molecule has 0 heterocycles. The lowest BCUT2D eigenvalue weighted by Gasteiger charge is -2.20. The molecular formula is C40H26O2. The van der Waals surface area contributed by atoms with Crippen LogP contribution in [0.4, 0.5) is 0 Å². The first-order chi connectivity index (χ1) is 20.7. The Morgan fingerprint density at radius 2 is 0.619 bits per heavy atom. The Morgan fingerprint density at radius 1 is 0.310 bits per heavy atom. The first kappa shape index (κ1) is 23.7. The molecule has 2 N–H and O–H groups in total. The fraction of sp³-hybridized carbons (Fsp3) is 0.0500. The van der Waals surface area contributed by atoms with Crippen molar-refractivity contribution in [3.8, 4) is 0 Å². The predicted octanol–water partition coefficient (Wildman–Crippen LogP) is 9.64. The molecule has 2 nitrogen and oxygen atoms in total. The molecule has 0 saturated carbocycles. The maximum absolute atomic E-state index is 11.6. The lowest BCUT2D eigenvalue weighted by atomic mass is 9.88. The standard InChI is InChI=1S/C40H26O2/c41-39(33-21-17-27-9-7-23-3-1-5-25-15-19-31(33)37(27)35(23)25)29-11-13-30(14-12-29)40(42)34-22-18-28-10-8-24-4-2-6-26-16-20-32(34)38(28)36(24)26/h1-22,39-42H. The molecule has 2 atom stereocenters. The first-order valence-corrected chi connectivity index (χ1v) is 14.4. The summed E-state index contributed by atoms with van der Waals surface area (Å²) in [6, 6.07) is 46.1. The van der Waals surface area contributed by atoms with E-state index < -0.39 is 12.2 Å². The van der Waals surface area contributed by atoms with Gasteiger partial charge < -0.3 is 10.2 Å². The number of aliphatic hydroxyl groups excluding tert-OH is 2. The summed E-state index contributed by atoms with van der Waals surface area (Å²) in [4.78, 5) is 0. The Hall–Kier alpha value is -5.02. The number of hydrogen-bond acceptors (Lipinski definition) is 2. The molecule has 9 rings (SSSR count). The van der Waals surface area contributed by atoms with Gasteiger partial charge in [0.2, 0.25) is 0 Å². The van der Waals surface area contributed by atoms with Gasteiger partial charge in [0.25, 0.3) is 0 Å². The highest BCUT2D eigenvalue weighted by molar-refractivity contribution is 6.24. The highest BCUT2D eigenvalue weighted by atomic mass is 16.3. The van der Waals surface area contributed by atoms with Gasteiger partial charge in [-0.15, -0.1) is 0 Å². The number of rotatable bonds is 4. The normalized spacial score (nSPS) is 13.8. The van der Waals surface area contributed by atoms with Gasteiger partial charge in [-0.05, 0) is 86.9 Å². The molecule has 0 aliphatic carbocycles. The third kappa shape index (κ3) is 3.28. The Morgan fingerprint density at radius 3 is 1.00 bits per heavy atom. The highest BCUT2D eigenvalue weighted by Gasteiger charge is 2.20. The predicted molar refractivity (Wildman–Crippen MR) is 175 cm³/mol. The minimum Gasteiger partial charge on any atom is -0.384 e. The molecule has 2 unspecified atom stereocenters. The molecule has 0 bridgehead atoms. The van der Waals surface area contributed by atoms with E-state index in [2.05, 4.69) is 97.1 Å². The third-order valence-corrected chi connectivity index (χ3v) is 9.28. The molecule has 0 aliphatic rings. The molecular weight excluding hydrogens is 512 g/mol. The van der Waals surface area contributed by atoms with Crippen LogP contribution in [0, 0.1) is 0 Å². The first-order valence-electron chi connectivity index (χ1n) is 14.4. The van der Waals surface area contributed by atoms with Crippen LogP contribution in [-0.4, -0.2) is 10.2 Å². The summed E-state index contributed by atoms with van der Waals surface area (Å²) in [7, 11) is 0. The largest absolute Gasteiger partial charge is 0.384 e. The zero-order valence-corrected chi connectivity index (χ0v) is 22.8. The van der Waals surface area contributed by atoms with E-state index in [1.807, 2.05) is 36.4 Å². The maximum Gasteiger partial charge on any atom is 0.105 e. The van der Waals surface area contributed by atoms with Crippen LogP contribution in [0.5, 0.6) is 0 Å². The van der Waals surface area contributed by atoms with Gasteiger partial charge in [0.05, 0.1) is 0 Å². The van der Waals surface area contributed by atoms with Gasteiger partial charge in [-0.2, -0.15) is 0 Å². The Kier molecular flexibility index (Phi) is 4.92. The fourth-order valence-electron chi connectivity index (χ4n) is 7.21. The number of aliphatic hydroxyl groups is 2. The average Bonchev–Trinajstić information content (AvgIpc) is 3.05. The SMILES string of the molecule is OC(c1ccc(C(O)c2ccc3ccc4cccc5ccc2c3c45)cc1)c1ccc2ccc3cccc4ccc1c2c34. The molecule has 9 aromatic carbocycles. The molecule has 42 heavy (non-hydrogen) atoms. The fourth-order valence-corrected chi connectivity index (χ4v) is 7.21. The van der Waals surface area contributed by atoms with Crippen LogP contribution >= 0.6 is 0 Å². The van der Waals surface area contributed by atoms with Crippen LogP contribution in [0.15, 0.2) is 133 Å². The summed E-state index contributed by atoms with van der Waals surface area (Å²) in [5, 5.41) is 37.4. The van der Waals surface area contributed by atoms with Crippen molar-refractivity contribution in [2.24, 2.45) is 0 Å². The molecule has 0 radical (unpaired) electrons. The topological polar surface area (TPSA) is 40.5 Å². The lowest BCUT2D eigenvalue weighted by Crippen LogP contribution is -2.04. The lowest BCUT2D eigenvalue weighted by molar-refractivity contribution is 0.218. The summed E-state index contributed by atoms with van der Waals surface area (Å²) in [6.07, 6.45) is -1.56. The van der Waals surface area contributed by atoms with Crippen LogP contribution < -0.4 is 0 Å². The molecule has 198 valence electrons. The van der Waals surface area contributed by atoms with Crippen molar-refractivity contribution < 1.29 is 10.2 Å². The molecule has 0 saturated heterocycles. The van der Waals surface area contributed by atoms with Crippen LogP contribution in [-0.2, 0) is 0 Å². The second-order valence-corrected chi connectivity index (χ2v) is 11.5. The third-order valence-electron chi connectivity index (χ3n) is 9.28. The summed E-state index contributed by atoms with van der Waals surface area (Å²) < 4.78 is 0. The molecule has 0 aromatic heterocycles. The quantitative estimate of drug-likeness (QED) is 0.219. The minimum atomic E-state index is -0.782. The van der Waals surface area contributed by atoms with Crippen molar-refractivity contribution >= 4 is 64.6 Å². The second kappa shape index (κ2) is 8.74. The monoisotopic (exact) mass is 538 g/mol. The summed E-state index contributed by atoms with van der Waals surface area (Å²) in [5.41, 5.74) is 3.38.